The summed E-state index contributed by atoms with van der Waals surface area (Å²) in [6.07, 6.45) is 4.68. The summed E-state index contributed by atoms with van der Waals surface area (Å²) in [5, 5.41) is 20.9. The zero-order valence-corrected chi connectivity index (χ0v) is 16.7. The van der Waals surface area contributed by atoms with Crippen molar-refractivity contribution >= 4 is 33.3 Å². The predicted octanol–water partition coefficient (Wildman–Crippen LogP) is 2.69. The van der Waals surface area contributed by atoms with Crippen LogP contribution in [0.2, 0.25) is 0 Å². The summed E-state index contributed by atoms with van der Waals surface area (Å²) < 4.78 is 6.96. The van der Waals surface area contributed by atoms with Crippen LogP contribution in [-0.2, 0) is 16.1 Å². The number of amides is 1. The molecule has 1 atom stereocenters. The number of nitrogens with zero attached hydrogens (tertiary/aromatic N) is 5. The lowest BCUT2D eigenvalue weighted by Crippen LogP contribution is -2.24. The Labute approximate surface area is 171 Å². The highest BCUT2D eigenvalue weighted by Gasteiger charge is 2.22. The van der Waals surface area contributed by atoms with Gasteiger partial charge in [0.1, 0.15) is 16.6 Å². The highest BCUT2D eigenvalue weighted by Crippen LogP contribution is 2.31. The summed E-state index contributed by atoms with van der Waals surface area (Å²) in [5.74, 6) is -0.0808. The van der Waals surface area contributed by atoms with Gasteiger partial charge < -0.3 is 10.1 Å². The Morgan fingerprint density at radius 3 is 2.97 bits per heavy atom. The van der Waals surface area contributed by atoms with E-state index in [2.05, 4.69) is 25.8 Å². The Hall–Kier alpha value is -2.72. The van der Waals surface area contributed by atoms with Crippen molar-refractivity contribution in [2.45, 2.75) is 51.2 Å². The maximum Gasteiger partial charge on any atom is 0.277 e. The van der Waals surface area contributed by atoms with E-state index in [1.54, 1.807) is 12.1 Å². The number of aryl methyl sites for hydroxylation is 1. The molecule has 3 aromatic rings. The minimum atomic E-state index is -0.133. The number of carbonyl (C=O) groups is 1. The van der Waals surface area contributed by atoms with Gasteiger partial charge in [0.15, 0.2) is 0 Å². The Balaban J connectivity index is 1.19. The van der Waals surface area contributed by atoms with Crippen LogP contribution in [0.5, 0.6) is 0 Å². The molecule has 3 heterocycles. The van der Waals surface area contributed by atoms with Gasteiger partial charge in [-0.2, -0.15) is 0 Å². The molecule has 2 aromatic heterocycles. The highest BCUT2D eigenvalue weighted by molar-refractivity contribution is 7.15. The topological polar surface area (TPSA) is 112 Å². The maximum absolute atomic E-state index is 12.4. The predicted molar refractivity (Wildman–Crippen MR) is 109 cm³/mol. The van der Waals surface area contributed by atoms with Crippen LogP contribution in [0.4, 0.5) is 5.13 Å². The molecule has 0 saturated carbocycles. The summed E-state index contributed by atoms with van der Waals surface area (Å²) in [5.41, 5.74) is 0.469. The second-order valence-corrected chi connectivity index (χ2v) is 7.95. The van der Waals surface area contributed by atoms with E-state index < -0.39 is 0 Å². The zero-order valence-electron chi connectivity index (χ0n) is 15.9. The van der Waals surface area contributed by atoms with E-state index in [9.17, 15) is 9.59 Å². The van der Waals surface area contributed by atoms with Crippen molar-refractivity contribution in [2.24, 2.45) is 0 Å². The van der Waals surface area contributed by atoms with E-state index >= 15 is 0 Å². The van der Waals surface area contributed by atoms with Crippen LogP contribution in [0.3, 0.4) is 0 Å². The van der Waals surface area contributed by atoms with Gasteiger partial charge in [0.25, 0.3) is 5.56 Å². The van der Waals surface area contributed by atoms with Crippen molar-refractivity contribution in [1.82, 2.24) is 25.2 Å². The first-order chi connectivity index (χ1) is 14.2. The third-order valence-corrected chi connectivity index (χ3v) is 5.73. The largest absolute Gasteiger partial charge is 0.371 e. The molecule has 4 rings (SSSR count). The van der Waals surface area contributed by atoms with Gasteiger partial charge in [-0.3, -0.25) is 9.59 Å². The fraction of sp³-hybridized carbons (Fsp3) is 0.474. The first-order valence-electron chi connectivity index (χ1n) is 9.78. The molecule has 1 aromatic carbocycles. The number of nitrogens with one attached hydrogen (secondary N) is 1. The number of anilines is 1. The van der Waals surface area contributed by atoms with E-state index in [1.807, 2.05) is 12.1 Å². The van der Waals surface area contributed by atoms with Crippen LogP contribution in [0, 0.1) is 0 Å². The molecule has 1 amide bonds. The molecule has 152 valence electrons. The van der Waals surface area contributed by atoms with E-state index in [-0.39, 0.29) is 17.6 Å². The number of hydrogen-bond acceptors (Lipinski definition) is 8. The number of aromatic nitrogens is 5. The number of ether oxygens (including phenoxy) is 1. The fourth-order valence-corrected chi connectivity index (χ4v) is 4.11. The van der Waals surface area contributed by atoms with Gasteiger partial charge in [-0.1, -0.05) is 35.1 Å². The summed E-state index contributed by atoms with van der Waals surface area (Å²) in [6, 6.07) is 7.17. The second-order valence-electron chi connectivity index (χ2n) is 6.94. The quantitative estimate of drug-likeness (QED) is 0.564. The van der Waals surface area contributed by atoms with Gasteiger partial charge in [-0.15, -0.1) is 15.3 Å². The lowest BCUT2D eigenvalue weighted by molar-refractivity contribution is -0.116. The van der Waals surface area contributed by atoms with Crippen LogP contribution < -0.4 is 10.9 Å². The molecule has 29 heavy (non-hydrogen) atoms. The number of carbonyl (C=O) groups excluding carboxylic acids is 1. The lowest BCUT2D eigenvalue weighted by atomic mass is 10.2. The SMILES string of the molecule is O=C(CCCCCn1nnc2ccccc2c1=O)Nc1nnc([C@@H]2CCCO2)s1. The first-order valence-corrected chi connectivity index (χ1v) is 10.6. The monoisotopic (exact) mass is 414 g/mol. The molecule has 1 aliphatic heterocycles. The molecule has 10 heteroatoms. The number of rotatable bonds is 8. The van der Waals surface area contributed by atoms with E-state index in [0.29, 0.717) is 29.0 Å². The third-order valence-electron chi connectivity index (χ3n) is 4.80. The second kappa shape index (κ2) is 9.19. The number of hydrogen-bond donors (Lipinski definition) is 1. The maximum atomic E-state index is 12.4. The van der Waals surface area contributed by atoms with Crippen LogP contribution in [-0.4, -0.2) is 37.7 Å². The molecule has 1 fully saturated rings. The first kappa shape index (κ1) is 19.6. The molecule has 0 radical (unpaired) electrons. The average molecular weight is 414 g/mol. The number of unbranched alkanes of at least 4 members (excludes halogenated alkanes) is 2. The van der Waals surface area contributed by atoms with Crippen LogP contribution in [0.15, 0.2) is 29.1 Å². The van der Waals surface area contributed by atoms with Gasteiger partial charge in [0.2, 0.25) is 11.0 Å². The zero-order chi connectivity index (χ0) is 20.1. The summed E-state index contributed by atoms with van der Waals surface area (Å²) in [4.78, 5) is 24.5. The van der Waals surface area contributed by atoms with E-state index in [0.717, 1.165) is 43.7 Å². The van der Waals surface area contributed by atoms with Crippen LogP contribution >= 0.6 is 11.3 Å². The number of fused-ring (bicyclic) bond motifs is 1. The van der Waals surface area contributed by atoms with Gasteiger partial charge in [-0.05, 0) is 37.8 Å². The van der Waals surface area contributed by atoms with Gasteiger partial charge in [-0.25, -0.2) is 4.68 Å². The lowest BCUT2D eigenvalue weighted by Gasteiger charge is -2.05. The summed E-state index contributed by atoms with van der Waals surface area (Å²) >= 11 is 1.37. The van der Waals surface area contributed by atoms with Crippen LogP contribution in [0.1, 0.15) is 49.6 Å². The Morgan fingerprint density at radius 2 is 2.10 bits per heavy atom. The molecule has 9 nitrogen and oxygen atoms in total. The normalized spacial score (nSPS) is 16.3. The smallest absolute Gasteiger partial charge is 0.277 e. The number of benzene rings is 1. The molecule has 1 saturated heterocycles. The molecule has 0 spiro atoms. The minimum absolute atomic E-state index is 0.0137. The minimum Gasteiger partial charge on any atom is -0.371 e. The Kier molecular flexibility index (Phi) is 6.20. The van der Waals surface area contributed by atoms with E-state index in [4.69, 9.17) is 4.74 Å². The van der Waals surface area contributed by atoms with Crippen molar-refractivity contribution < 1.29 is 9.53 Å². The van der Waals surface area contributed by atoms with Gasteiger partial charge in [0.05, 0.1) is 5.39 Å². The van der Waals surface area contributed by atoms with Gasteiger partial charge in [0, 0.05) is 19.6 Å². The molecular weight excluding hydrogens is 392 g/mol. The summed E-state index contributed by atoms with van der Waals surface area (Å²) in [7, 11) is 0. The standard InChI is InChI=1S/C19H22N6O3S/c26-16(20-19-23-22-17(29-19)15-9-6-12-28-15)10-2-1-5-11-25-18(27)13-7-3-4-8-14(13)21-24-25/h3-4,7-8,15H,1-2,5-6,9-12H2,(H,20,23,26)/t15-/m0/s1. The Morgan fingerprint density at radius 1 is 1.21 bits per heavy atom. The third kappa shape index (κ3) is 4.83. The molecular formula is C19H22N6O3S. The molecule has 1 N–H and O–H groups in total. The van der Waals surface area contributed by atoms with Crippen molar-refractivity contribution in [1.29, 1.82) is 0 Å². The average Bonchev–Trinajstić information content (AvgIpc) is 3.41. The highest BCUT2D eigenvalue weighted by atomic mass is 32.1. The molecule has 1 aliphatic rings. The molecule has 0 bridgehead atoms. The van der Waals surface area contributed by atoms with Crippen LogP contribution in [0.25, 0.3) is 10.9 Å². The van der Waals surface area contributed by atoms with Crippen molar-refractivity contribution in [3.8, 4) is 0 Å². The van der Waals surface area contributed by atoms with E-state index in [1.165, 1.54) is 16.0 Å². The molecule has 0 aliphatic carbocycles. The Bertz CT molecular complexity index is 1040. The van der Waals surface area contributed by atoms with Crippen molar-refractivity contribution in [2.75, 3.05) is 11.9 Å². The van der Waals surface area contributed by atoms with Crippen molar-refractivity contribution in [3.05, 3.63) is 39.6 Å². The summed E-state index contributed by atoms with van der Waals surface area (Å²) in [6.45, 7) is 1.24. The van der Waals surface area contributed by atoms with Gasteiger partial charge >= 0.3 is 0 Å². The molecule has 0 unspecified atom stereocenters. The fourth-order valence-electron chi connectivity index (χ4n) is 3.26. The van der Waals surface area contributed by atoms with Crippen molar-refractivity contribution in [3.63, 3.8) is 0 Å².